The van der Waals surface area contributed by atoms with Crippen molar-refractivity contribution in [3.63, 3.8) is 0 Å². The number of nitrogens with zero attached hydrogens (tertiary/aromatic N) is 1. The molecule has 0 saturated carbocycles. The van der Waals surface area contributed by atoms with Gasteiger partial charge in [0.25, 0.3) is 0 Å². The van der Waals surface area contributed by atoms with E-state index in [0.29, 0.717) is 15.9 Å². The monoisotopic (exact) mass is 304 g/mol. The quantitative estimate of drug-likeness (QED) is 0.646. The zero-order valence-electron chi connectivity index (χ0n) is 9.13. The van der Waals surface area contributed by atoms with Crippen LogP contribution in [0.3, 0.4) is 0 Å². The molecule has 0 spiro atoms. The molecular formula is C11H7Cl3N2O2. The molecule has 1 heterocycles. The summed E-state index contributed by atoms with van der Waals surface area (Å²) in [7, 11) is 1.25. The average Bonchev–Trinajstić information content (AvgIpc) is 2.35. The summed E-state index contributed by atoms with van der Waals surface area (Å²) in [6.45, 7) is 0. The van der Waals surface area contributed by atoms with Crippen molar-refractivity contribution in [2.24, 2.45) is 0 Å². The molecule has 0 aliphatic rings. The van der Waals surface area contributed by atoms with E-state index in [1.165, 1.54) is 19.4 Å². The van der Waals surface area contributed by atoms with Crippen LogP contribution in [0.5, 0.6) is 0 Å². The number of aromatic nitrogens is 1. The van der Waals surface area contributed by atoms with Crippen LogP contribution in [0.2, 0.25) is 15.1 Å². The third-order valence-electron chi connectivity index (χ3n) is 2.43. The number of anilines is 1. The molecule has 2 rings (SSSR count). The van der Waals surface area contributed by atoms with Gasteiger partial charge in [-0.2, -0.15) is 0 Å². The molecule has 0 aliphatic carbocycles. The van der Waals surface area contributed by atoms with E-state index < -0.39 is 5.97 Å². The molecule has 7 heteroatoms. The van der Waals surface area contributed by atoms with Gasteiger partial charge in [-0.1, -0.05) is 34.8 Å². The van der Waals surface area contributed by atoms with Gasteiger partial charge in [-0.3, -0.25) is 4.98 Å². The highest BCUT2D eigenvalue weighted by Gasteiger charge is 2.18. The first kappa shape index (κ1) is 13.2. The van der Waals surface area contributed by atoms with Crippen molar-refractivity contribution in [3.05, 3.63) is 32.9 Å². The van der Waals surface area contributed by atoms with Crippen molar-refractivity contribution < 1.29 is 9.53 Å². The number of fused-ring (bicyclic) bond motifs is 1. The van der Waals surface area contributed by atoms with Crippen molar-refractivity contribution >= 4 is 57.4 Å². The van der Waals surface area contributed by atoms with E-state index in [2.05, 4.69) is 9.72 Å². The van der Waals surface area contributed by atoms with Crippen LogP contribution in [-0.2, 0) is 4.74 Å². The van der Waals surface area contributed by atoms with Crippen LogP contribution in [0.15, 0.2) is 12.3 Å². The van der Waals surface area contributed by atoms with Crippen molar-refractivity contribution in [2.75, 3.05) is 12.8 Å². The van der Waals surface area contributed by atoms with E-state index in [1.54, 1.807) is 0 Å². The molecule has 1 aromatic carbocycles. The topological polar surface area (TPSA) is 65.2 Å². The highest BCUT2D eigenvalue weighted by atomic mass is 35.5. The van der Waals surface area contributed by atoms with Crippen molar-refractivity contribution in [3.8, 4) is 0 Å². The number of esters is 1. The molecule has 0 unspecified atom stereocenters. The van der Waals surface area contributed by atoms with E-state index in [9.17, 15) is 4.79 Å². The molecule has 0 radical (unpaired) electrons. The maximum absolute atomic E-state index is 11.5. The molecule has 94 valence electrons. The number of hydrogen-bond donors (Lipinski definition) is 1. The molecule has 1 aromatic heterocycles. The summed E-state index contributed by atoms with van der Waals surface area (Å²) in [5.74, 6) is -0.603. The Morgan fingerprint density at radius 1 is 1.33 bits per heavy atom. The summed E-state index contributed by atoms with van der Waals surface area (Å²) in [6.07, 6.45) is 1.29. The Bertz CT molecular complexity index is 659. The predicted octanol–water partition coefficient (Wildman–Crippen LogP) is 3.56. The van der Waals surface area contributed by atoms with Gasteiger partial charge in [0.1, 0.15) is 5.56 Å². The fourth-order valence-electron chi connectivity index (χ4n) is 1.56. The standard InChI is InChI=1S/C11H7Cl3N2O2/c1-18-11(17)4-3-16-10-6(13)2-5(12)8(14)7(10)9(4)15/h2-3H,1H3,(H2,15,16). The number of rotatable bonds is 1. The van der Waals surface area contributed by atoms with Crippen LogP contribution >= 0.6 is 34.8 Å². The maximum Gasteiger partial charge on any atom is 0.341 e. The second kappa shape index (κ2) is 4.80. The van der Waals surface area contributed by atoms with Crippen LogP contribution in [0.25, 0.3) is 10.9 Å². The predicted molar refractivity (Wildman–Crippen MR) is 72.5 cm³/mol. The molecule has 2 N–H and O–H groups in total. The van der Waals surface area contributed by atoms with E-state index in [1.807, 2.05) is 0 Å². The highest BCUT2D eigenvalue weighted by molar-refractivity contribution is 6.48. The summed E-state index contributed by atoms with van der Waals surface area (Å²) in [4.78, 5) is 15.6. The molecule has 0 aliphatic heterocycles. The SMILES string of the molecule is COC(=O)c1cnc2c(Cl)cc(Cl)c(Cl)c2c1N. The fourth-order valence-corrected chi connectivity index (χ4v) is 2.32. The van der Waals surface area contributed by atoms with Crippen molar-refractivity contribution in [1.29, 1.82) is 0 Å². The Morgan fingerprint density at radius 3 is 2.61 bits per heavy atom. The van der Waals surface area contributed by atoms with Gasteiger partial charge in [-0.25, -0.2) is 4.79 Å². The average molecular weight is 306 g/mol. The lowest BCUT2D eigenvalue weighted by Crippen LogP contribution is -2.07. The summed E-state index contributed by atoms with van der Waals surface area (Å²) in [6, 6.07) is 1.47. The number of nitrogens with two attached hydrogens (primary N) is 1. The Morgan fingerprint density at radius 2 is 2.00 bits per heavy atom. The van der Waals surface area contributed by atoms with Crippen molar-refractivity contribution in [1.82, 2.24) is 4.98 Å². The van der Waals surface area contributed by atoms with Gasteiger partial charge >= 0.3 is 5.97 Å². The van der Waals surface area contributed by atoms with E-state index in [0.717, 1.165) is 0 Å². The van der Waals surface area contributed by atoms with Gasteiger partial charge in [-0.05, 0) is 6.07 Å². The van der Waals surface area contributed by atoms with Gasteiger partial charge in [0, 0.05) is 11.6 Å². The fraction of sp³-hybridized carbons (Fsp3) is 0.0909. The first-order valence-corrected chi connectivity index (χ1v) is 5.90. The summed E-state index contributed by atoms with van der Waals surface area (Å²) in [5.41, 5.74) is 6.53. The lowest BCUT2D eigenvalue weighted by molar-refractivity contribution is 0.0601. The van der Waals surface area contributed by atoms with Gasteiger partial charge in [0.2, 0.25) is 0 Å². The first-order chi connectivity index (χ1) is 8.47. The second-order valence-electron chi connectivity index (χ2n) is 3.45. The smallest absolute Gasteiger partial charge is 0.341 e. The van der Waals surface area contributed by atoms with Crippen LogP contribution in [0.4, 0.5) is 5.69 Å². The minimum atomic E-state index is -0.603. The lowest BCUT2D eigenvalue weighted by Gasteiger charge is -2.10. The molecular weight excluding hydrogens is 298 g/mol. The molecule has 0 bridgehead atoms. The first-order valence-electron chi connectivity index (χ1n) is 4.77. The van der Waals surface area contributed by atoms with Gasteiger partial charge in [0.05, 0.1) is 33.4 Å². The van der Waals surface area contributed by atoms with Crippen molar-refractivity contribution in [2.45, 2.75) is 0 Å². The molecule has 0 amide bonds. The summed E-state index contributed by atoms with van der Waals surface area (Å²) >= 11 is 18.0. The number of ether oxygens (including phenoxy) is 1. The molecule has 2 aromatic rings. The lowest BCUT2D eigenvalue weighted by atomic mass is 10.1. The minimum absolute atomic E-state index is 0.116. The zero-order valence-corrected chi connectivity index (χ0v) is 11.4. The number of hydrogen-bond acceptors (Lipinski definition) is 4. The largest absolute Gasteiger partial charge is 0.465 e. The number of carbonyl (C=O) groups is 1. The van der Waals surface area contributed by atoms with Gasteiger partial charge in [-0.15, -0.1) is 0 Å². The number of methoxy groups -OCH3 is 1. The number of pyridine rings is 1. The van der Waals surface area contributed by atoms with Crippen LogP contribution in [0.1, 0.15) is 10.4 Å². The Kier molecular flexibility index (Phi) is 3.52. The Labute approximate surface area is 118 Å². The van der Waals surface area contributed by atoms with Crippen LogP contribution in [-0.4, -0.2) is 18.1 Å². The van der Waals surface area contributed by atoms with Crippen LogP contribution < -0.4 is 5.73 Å². The van der Waals surface area contributed by atoms with E-state index in [-0.39, 0.29) is 21.3 Å². The summed E-state index contributed by atoms with van der Waals surface area (Å²) in [5, 5.41) is 1.09. The third-order valence-corrected chi connectivity index (χ3v) is 3.51. The number of benzene rings is 1. The van der Waals surface area contributed by atoms with Crippen LogP contribution in [0, 0.1) is 0 Å². The number of halogens is 3. The minimum Gasteiger partial charge on any atom is -0.465 e. The second-order valence-corrected chi connectivity index (χ2v) is 4.65. The molecule has 0 atom stereocenters. The summed E-state index contributed by atoms with van der Waals surface area (Å²) < 4.78 is 4.60. The molecule has 18 heavy (non-hydrogen) atoms. The Balaban J connectivity index is 2.89. The van der Waals surface area contributed by atoms with E-state index >= 15 is 0 Å². The maximum atomic E-state index is 11.5. The highest BCUT2D eigenvalue weighted by Crippen LogP contribution is 2.38. The van der Waals surface area contributed by atoms with Gasteiger partial charge in [0.15, 0.2) is 0 Å². The normalized spacial score (nSPS) is 10.7. The molecule has 0 fully saturated rings. The van der Waals surface area contributed by atoms with E-state index in [4.69, 9.17) is 40.5 Å². The number of nitrogen functional groups attached to an aromatic ring is 1. The number of carbonyl (C=O) groups excluding carboxylic acids is 1. The molecule has 4 nitrogen and oxygen atoms in total. The van der Waals surface area contributed by atoms with Gasteiger partial charge < -0.3 is 10.5 Å². The third kappa shape index (κ3) is 1.96. The Hall–Kier alpha value is -1.23. The zero-order chi connectivity index (χ0) is 13.4. The molecule has 0 saturated heterocycles.